The van der Waals surface area contributed by atoms with E-state index in [4.69, 9.17) is 0 Å². The molecular formula is C21H24BrN3O3S. The third-order valence-electron chi connectivity index (χ3n) is 4.90. The van der Waals surface area contributed by atoms with E-state index in [0.29, 0.717) is 18.1 Å². The number of unbranched alkanes of at least 4 members (excludes halogenated alkanes) is 1. The lowest BCUT2D eigenvalue weighted by Crippen LogP contribution is -2.34. The number of aryl methyl sites for hydroxylation is 2. The fourth-order valence-electron chi connectivity index (χ4n) is 3.42. The summed E-state index contributed by atoms with van der Waals surface area (Å²) in [6.07, 6.45) is 1.90. The summed E-state index contributed by atoms with van der Waals surface area (Å²) in [7, 11) is -3.84. The number of hydrogen-bond donors (Lipinski definition) is 1. The van der Waals surface area contributed by atoms with Crippen LogP contribution in [-0.4, -0.2) is 26.7 Å². The molecule has 1 aliphatic rings. The largest absolute Gasteiger partial charge is 0.328 e. The Kier molecular flexibility index (Phi) is 6.14. The number of benzene rings is 2. The van der Waals surface area contributed by atoms with Crippen LogP contribution in [0.3, 0.4) is 0 Å². The Labute approximate surface area is 180 Å². The number of anilines is 2. The van der Waals surface area contributed by atoms with Gasteiger partial charge in [0.15, 0.2) is 0 Å². The van der Waals surface area contributed by atoms with Gasteiger partial charge in [0.05, 0.1) is 5.69 Å². The lowest BCUT2D eigenvalue weighted by Gasteiger charge is -2.29. The molecule has 0 bridgehead atoms. The third kappa shape index (κ3) is 4.38. The Balaban J connectivity index is 1.97. The van der Waals surface area contributed by atoms with Gasteiger partial charge in [-0.05, 0) is 68.7 Å². The summed E-state index contributed by atoms with van der Waals surface area (Å²) in [5.74, 6) is 0.0900. The van der Waals surface area contributed by atoms with Crippen molar-refractivity contribution in [3.05, 3.63) is 51.5 Å². The van der Waals surface area contributed by atoms with E-state index < -0.39 is 10.0 Å². The molecular weight excluding hydrogens is 454 g/mol. The SMILES string of the molecule is CCCCN1C(C)=NS(=O)(=O)c2cc(C(=O)Nc3c(C)cc(Br)cc3C)ccc21. The van der Waals surface area contributed by atoms with Crippen LogP contribution in [0.2, 0.25) is 0 Å². The molecule has 0 radical (unpaired) electrons. The zero-order chi connectivity index (χ0) is 21.3. The zero-order valence-corrected chi connectivity index (χ0v) is 19.3. The lowest BCUT2D eigenvalue weighted by molar-refractivity contribution is 0.102. The molecule has 0 saturated carbocycles. The van der Waals surface area contributed by atoms with Crippen LogP contribution in [0.1, 0.15) is 48.2 Å². The molecule has 8 heteroatoms. The van der Waals surface area contributed by atoms with Gasteiger partial charge in [0, 0.05) is 22.3 Å². The molecule has 2 aromatic carbocycles. The number of carbonyl (C=O) groups excluding carboxylic acids is 1. The molecule has 0 unspecified atom stereocenters. The molecule has 0 aromatic heterocycles. The topological polar surface area (TPSA) is 78.8 Å². The molecule has 0 aliphatic carbocycles. The Bertz CT molecular complexity index is 1090. The average molecular weight is 478 g/mol. The van der Waals surface area contributed by atoms with Gasteiger partial charge in [-0.1, -0.05) is 29.3 Å². The summed E-state index contributed by atoms with van der Waals surface area (Å²) in [5.41, 5.74) is 3.40. The molecule has 6 nitrogen and oxygen atoms in total. The molecule has 0 spiro atoms. The van der Waals surface area contributed by atoms with Crippen LogP contribution in [0.5, 0.6) is 0 Å². The number of hydrogen-bond acceptors (Lipinski definition) is 4. The van der Waals surface area contributed by atoms with E-state index in [1.54, 1.807) is 19.1 Å². The number of halogens is 1. The highest BCUT2D eigenvalue weighted by molar-refractivity contribution is 9.10. The Morgan fingerprint density at radius 2 is 1.79 bits per heavy atom. The summed E-state index contributed by atoms with van der Waals surface area (Å²) in [4.78, 5) is 14.8. The summed E-state index contributed by atoms with van der Waals surface area (Å²) in [5, 5.41) is 2.91. The number of fused-ring (bicyclic) bond motifs is 1. The second kappa shape index (κ2) is 8.28. The number of nitrogens with one attached hydrogen (secondary N) is 1. The van der Waals surface area contributed by atoms with Crippen LogP contribution >= 0.6 is 15.9 Å². The minimum atomic E-state index is -3.84. The van der Waals surface area contributed by atoms with Crippen LogP contribution in [0.4, 0.5) is 11.4 Å². The fourth-order valence-corrected chi connectivity index (χ4v) is 5.37. The molecule has 1 aliphatic heterocycles. The van der Waals surface area contributed by atoms with Gasteiger partial charge in [-0.25, -0.2) is 0 Å². The number of nitrogens with zero attached hydrogens (tertiary/aromatic N) is 2. The molecule has 1 heterocycles. The van der Waals surface area contributed by atoms with Crippen molar-refractivity contribution < 1.29 is 13.2 Å². The number of rotatable bonds is 5. The van der Waals surface area contributed by atoms with Crippen LogP contribution in [0.25, 0.3) is 0 Å². The molecule has 0 saturated heterocycles. The molecule has 2 aromatic rings. The van der Waals surface area contributed by atoms with Crippen molar-refractivity contribution >= 4 is 49.1 Å². The smallest absolute Gasteiger partial charge is 0.286 e. The number of amidine groups is 1. The summed E-state index contributed by atoms with van der Waals surface area (Å²) < 4.78 is 30.1. The van der Waals surface area contributed by atoms with E-state index in [0.717, 1.165) is 34.1 Å². The second-order valence-corrected chi connectivity index (χ2v) is 9.66. The highest BCUT2D eigenvalue weighted by Gasteiger charge is 2.29. The van der Waals surface area contributed by atoms with E-state index in [-0.39, 0.29) is 16.4 Å². The first-order valence-corrected chi connectivity index (χ1v) is 11.7. The van der Waals surface area contributed by atoms with E-state index in [1.807, 2.05) is 30.9 Å². The average Bonchev–Trinajstić information content (AvgIpc) is 2.63. The van der Waals surface area contributed by atoms with Crippen molar-refractivity contribution in [2.75, 3.05) is 16.8 Å². The minimum Gasteiger partial charge on any atom is -0.328 e. The van der Waals surface area contributed by atoms with Gasteiger partial charge in [0.25, 0.3) is 15.9 Å². The highest BCUT2D eigenvalue weighted by atomic mass is 79.9. The maximum absolute atomic E-state index is 12.9. The predicted octanol–water partition coefficient (Wildman–Crippen LogP) is 5.05. The van der Waals surface area contributed by atoms with Crippen molar-refractivity contribution in [1.82, 2.24) is 0 Å². The first-order chi connectivity index (χ1) is 13.6. The Hall–Kier alpha value is -2.19. The number of sulfonamides is 1. The molecule has 1 N–H and O–H groups in total. The highest BCUT2D eigenvalue weighted by Crippen LogP contribution is 2.33. The third-order valence-corrected chi connectivity index (χ3v) is 6.75. The van der Waals surface area contributed by atoms with Crippen molar-refractivity contribution in [1.29, 1.82) is 0 Å². The molecule has 154 valence electrons. The van der Waals surface area contributed by atoms with Gasteiger partial charge in [0.2, 0.25) is 0 Å². The summed E-state index contributed by atoms with van der Waals surface area (Å²) >= 11 is 3.44. The fraction of sp³-hybridized carbons (Fsp3) is 0.333. The number of carbonyl (C=O) groups is 1. The first kappa shape index (κ1) is 21.5. The van der Waals surface area contributed by atoms with Crippen LogP contribution in [0.15, 0.2) is 44.1 Å². The molecule has 1 amide bonds. The van der Waals surface area contributed by atoms with Crippen LogP contribution in [-0.2, 0) is 10.0 Å². The van der Waals surface area contributed by atoms with Crippen molar-refractivity contribution in [3.63, 3.8) is 0 Å². The quantitative estimate of drug-likeness (QED) is 0.653. The normalized spacial score (nSPS) is 14.9. The summed E-state index contributed by atoms with van der Waals surface area (Å²) in [6.45, 7) is 8.27. The lowest BCUT2D eigenvalue weighted by atomic mass is 10.1. The predicted molar refractivity (Wildman–Crippen MR) is 121 cm³/mol. The van der Waals surface area contributed by atoms with E-state index in [2.05, 4.69) is 32.6 Å². The van der Waals surface area contributed by atoms with Crippen LogP contribution in [0, 0.1) is 13.8 Å². The zero-order valence-electron chi connectivity index (χ0n) is 16.9. The Morgan fingerprint density at radius 3 is 2.41 bits per heavy atom. The minimum absolute atomic E-state index is 0.0658. The molecule has 0 fully saturated rings. The van der Waals surface area contributed by atoms with Gasteiger partial charge < -0.3 is 10.2 Å². The van der Waals surface area contributed by atoms with Gasteiger partial charge in [-0.2, -0.15) is 8.42 Å². The van der Waals surface area contributed by atoms with Crippen molar-refractivity contribution in [3.8, 4) is 0 Å². The van der Waals surface area contributed by atoms with E-state index in [1.165, 1.54) is 6.07 Å². The van der Waals surface area contributed by atoms with Crippen molar-refractivity contribution in [2.45, 2.75) is 45.4 Å². The molecule has 3 rings (SSSR count). The van der Waals surface area contributed by atoms with E-state index in [9.17, 15) is 13.2 Å². The number of amides is 1. The second-order valence-electron chi connectivity index (χ2n) is 7.17. The standard InChI is InChI=1S/C21H24BrN3O3S/c1-5-6-9-25-15(4)24-29(27,28)19-12-16(7-8-18(19)25)21(26)23-20-13(2)10-17(22)11-14(20)3/h7-8,10-12H,5-6,9H2,1-4H3,(H,23,26). The van der Waals surface area contributed by atoms with Gasteiger partial charge in [0.1, 0.15) is 10.7 Å². The maximum atomic E-state index is 12.9. The van der Waals surface area contributed by atoms with Crippen molar-refractivity contribution in [2.24, 2.45) is 4.40 Å². The van der Waals surface area contributed by atoms with Crippen LogP contribution < -0.4 is 10.2 Å². The first-order valence-electron chi connectivity index (χ1n) is 9.45. The molecule has 29 heavy (non-hydrogen) atoms. The summed E-state index contributed by atoms with van der Waals surface area (Å²) in [6, 6.07) is 8.60. The van der Waals surface area contributed by atoms with Gasteiger partial charge in [-0.3, -0.25) is 4.79 Å². The monoisotopic (exact) mass is 477 g/mol. The molecule has 0 atom stereocenters. The maximum Gasteiger partial charge on any atom is 0.286 e. The van der Waals surface area contributed by atoms with Gasteiger partial charge >= 0.3 is 0 Å². The van der Waals surface area contributed by atoms with E-state index >= 15 is 0 Å². The van der Waals surface area contributed by atoms with Gasteiger partial charge in [-0.15, -0.1) is 4.40 Å². The Morgan fingerprint density at radius 1 is 1.14 bits per heavy atom.